The summed E-state index contributed by atoms with van der Waals surface area (Å²) in [6.45, 7) is 0.691. The Labute approximate surface area is 81.2 Å². The second kappa shape index (κ2) is 3.75. The summed E-state index contributed by atoms with van der Waals surface area (Å²) in [7, 11) is 0. The molecular weight excluding hydrogens is 178 g/mol. The summed E-state index contributed by atoms with van der Waals surface area (Å²) in [5, 5.41) is 10.8. The van der Waals surface area contributed by atoms with Gasteiger partial charge in [0.25, 0.3) is 0 Å². The minimum atomic E-state index is 0.664. The minimum Gasteiger partial charge on any atom is -0.366 e. The molecule has 0 aromatic carbocycles. The molecule has 0 aliphatic rings. The lowest BCUT2D eigenvalue weighted by molar-refractivity contribution is 1.05. The molecule has 0 aliphatic heterocycles. The van der Waals surface area contributed by atoms with E-state index in [-0.39, 0.29) is 0 Å². The molecule has 0 saturated heterocycles. The SMILES string of the molecule is C#CCCNc1nccn2cnnc12. The van der Waals surface area contributed by atoms with Crippen molar-refractivity contribution in [3.8, 4) is 12.3 Å². The average molecular weight is 187 g/mol. The molecule has 2 heterocycles. The van der Waals surface area contributed by atoms with Gasteiger partial charge in [-0.25, -0.2) is 4.98 Å². The van der Waals surface area contributed by atoms with E-state index in [1.807, 2.05) is 0 Å². The van der Waals surface area contributed by atoms with Crippen molar-refractivity contribution in [2.75, 3.05) is 11.9 Å². The molecule has 0 bridgehead atoms. The van der Waals surface area contributed by atoms with Crippen LogP contribution in [-0.2, 0) is 0 Å². The van der Waals surface area contributed by atoms with E-state index in [2.05, 4.69) is 26.4 Å². The summed E-state index contributed by atoms with van der Waals surface area (Å²) in [5.74, 6) is 3.26. The Morgan fingerprint density at radius 1 is 1.57 bits per heavy atom. The third-order valence-corrected chi connectivity index (χ3v) is 1.78. The van der Waals surface area contributed by atoms with Crippen LogP contribution in [0.3, 0.4) is 0 Å². The third kappa shape index (κ3) is 1.50. The number of aromatic nitrogens is 4. The molecule has 0 aliphatic carbocycles. The first-order valence-electron chi connectivity index (χ1n) is 4.23. The van der Waals surface area contributed by atoms with Gasteiger partial charge in [0.15, 0.2) is 5.82 Å². The Kier molecular flexibility index (Phi) is 2.28. The molecule has 0 spiro atoms. The highest BCUT2D eigenvalue weighted by Crippen LogP contribution is 2.08. The molecule has 14 heavy (non-hydrogen) atoms. The van der Waals surface area contributed by atoms with Crippen LogP contribution in [0, 0.1) is 12.3 Å². The maximum atomic E-state index is 5.14. The lowest BCUT2D eigenvalue weighted by Crippen LogP contribution is -2.04. The molecule has 0 amide bonds. The second-order valence-electron chi connectivity index (χ2n) is 2.72. The topological polar surface area (TPSA) is 55.1 Å². The number of terminal acetylenes is 1. The quantitative estimate of drug-likeness (QED) is 0.563. The van der Waals surface area contributed by atoms with Crippen LogP contribution in [0.4, 0.5) is 5.82 Å². The van der Waals surface area contributed by atoms with E-state index in [0.29, 0.717) is 24.4 Å². The fourth-order valence-corrected chi connectivity index (χ4v) is 1.14. The second-order valence-corrected chi connectivity index (χ2v) is 2.72. The summed E-state index contributed by atoms with van der Waals surface area (Å²) in [5.41, 5.74) is 0.713. The summed E-state index contributed by atoms with van der Waals surface area (Å²) in [6.07, 6.45) is 10.9. The zero-order valence-electron chi connectivity index (χ0n) is 7.51. The highest BCUT2D eigenvalue weighted by atomic mass is 15.2. The monoisotopic (exact) mass is 187 g/mol. The summed E-state index contributed by atoms with van der Waals surface area (Å²) < 4.78 is 1.80. The maximum absolute atomic E-state index is 5.14. The van der Waals surface area contributed by atoms with Gasteiger partial charge in [-0.3, -0.25) is 4.40 Å². The average Bonchev–Trinajstić information content (AvgIpc) is 2.67. The first-order valence-corrected chi connectivity index (χ1v) is 4.23. The van der Waals surface area contributed by atoms with Gasteiger partial charge in [-0.2, -0.15) is 0 Å². The molecule has 0 fully saturated rings. The molecule has 1 N–H and O–H groups in total. The summed E-state index contributed by atoms with van der Waals surface area (Å²) in [6, 6.07) is 0. The Morgan fingerprint density at radius 3 is 3.36 bits per heavy atom. The van der Waals surface area contributed by atoms with Gasteiger partial charge in [-0.15, -0.1) is 22.5 Å². The maximum Gasteiger partial charge on any atom is 0.203 e. The van der Waals surface area contributed by atoms with Crippen molar-refractivity contribution in [2.24, 2.45) is 0 Å². The predicted octanol–water partition coefficient (Wildman–Crippen LogP) is 0.559. The number of hydrogen-bond acceptors (Lipinski definition) is 4. The molecule has 2 rings (SSSR count). The fourth-order valence-electron chi connectivity index (χ4n) is 1.14. The molecule has 2 aromatic heterocycles. The van der Waals surface area contributed by atoms with E-state index in [1.165, 1.54) is 0 Å². The van der Waals surface area contributed by atoms with Crippen molar-refractivity contribution < 1.29 is 0 Å². The summed E-state index contributed by atoms with van der Waals surface area (Å²) in [4.78, 5) is 4.15. The van der Waals surface area contributed by atoms with Crippen LogP contribution in [0.5, 0.6) is 0 Å². The molecule has 0 radical (unpaired) electrons. The zero-order chi connectivity index (χ0) is 9.80. The third-order valence-electron chi connectivity index (χ3n) is 1.78. The van der Waals surface area contributed by atoms with Gasteiger partial charge < -0.3 is 5.32 Å². The number of rotatable bonds is 3. The number of nitrogens with one attached hydrogen (secondary N) is 1. The largest absolute Gasteiger partial charge is 0.366 e. The lowest BCUT2D eigenvalue weighted by atomic mass is 10.4. The van der Waals surface area contributed by atoms with E-state index in [0.717, 1.165) is 0 Å². The molecule has 5 nitrogen and oxygen atoms in total. The van der Waals surface area contributed by atoms with E-state index in [9.17, 15) is 0 Å². The molecule has 2 aromatic rings. The molecule has 5 heteroatoms. The van der Waals surface area contributed by atoms with Crippen LogP contribution in [-0.4, -0.2) is 26.1 Å². The van der Waals surface area contributed by atoms with Crippen molar-refractivity contribution in [1.29, 1.82) is 0 Å². The van der Waals surface area contributed by atoms with Crippen molar-refractivity contribution in [3.63, 3.8) is 0 Å². The smallest absolute Gasteiger partial charge is 0.203 e. The highest BCUT2D eigenvalue weighted by molar-refractivity contribution is 5.61. The van der Waals surface area contributed by atoms with Crippen LogP contribution in [0.2, 0.25) is 0 Å². The van der Waals surface area contributed by atoms with Gasteiger partial charge in [0.05, 0.1) is 0 Å². The number of nitrogens with zero attached hydrogens (tertiary/aromatic N) is 4. The standard InChI is InChI=1S/C9H9N5/c1-2-3-4-10-8-9-13-12-7-14(9)6-5-11-8/h1,5-7H,3-4H2,(H,10,11). The van der Waals surface area contributed by atoms with E-state index in [4.69, 9.17) is 6.42 Å². The van der Waals surface area contributed by atoms with Crippen LogP contribution in [0.25, 0.3) is 5.65 Å². The van der Waals surface area contributed by atoms with Crippen molar-refractivity contribution in [2.45, 2.75) is 6.42 Å². The van der Waals surface area contributed by atoms with Gasteiger partial charge in [-0.05, 0) is 0 Å². The van der Waals surface area contributed by atoms with Crippen molar-refractivity contribution >= 4 is 11.5 Å². The van der Waals surface area contributed by atoms with E-state index >= 15 is 0 Å². The Morgan fingerprint density at radius 2 is 2.50 bits per heavy atom. The first-order chi connectivity index (χ1) is 6.92. The van der Waals surface area contributed by atoms with Crippen LogP contribution < -0.4 is 5.32 Å². The Bertz CT molecular complexity index is 467. The minimum absolute atomic E-state index is 0.664. The molecule has 0 atom stereocenters. The predicted molar refractivity (Wildman–Crippen MR) is 52.7 cm³/mol. The first kappa shape index (κ1) is 8.51. The van der Waals surface area contributed by atoms with Gasteiger partial charge in [0.1, 0.15) is 6.33 Å². The molecule has 0 unspecified atom stereocenters. The zero-order valence-corrected chi connectivity index (χ0v) is 7.51. The molecular formula is C9H9N5. The molecule has 70 valence electrons. The van der Waals surface area contributed by atoms with E-state index < -0.39 is 0 Å². The van der Waals surface area contributed by atoms with Gasteiger partial charge >= 0.3 is 0 Å². The van der Waals surface area contributed by atoms with Crippen molar-refractivity contribution in [1.82, 2.24) is 19.6 Å². The van der Waals surface area contributed by atoms with Gasteiger partial charge in [0.2, 0.25) is 5.65 Å². The normalized spacial score (nSPS) is 9.93. The highest BCUT2D eigenvalue weighted by Gasteiger charge is 2.02. The van der Waals surface area contributed by atoms with Crippen LogP contribution in [0.15, 0.2) is 18.7 Å². The van der Waals surface area contributed by atoms with Crippen LogP contribution >= 0.6 is 0 Å². The van der Waals surface area contributed by atoms with Crippen molar-refractivity contribution in [3.05, 3.63) is 18.7 Å². The molecule has 0 saturated carbocycles. The number of anilines is 1. The Hall–Kier alpha value is -2.09. The number of hydrogen-bond donors (Lipinski definition) is 1. The van der Waals surface area contributed by atoms with Gasteiger partial charge in [-0.1, -0.05) is 0 Å². The number of fused-ring (bicyclic) bond motifs is 1. The summed E-state index contributed by atoms with van der Waals surface area (Å²) >= 11 is 0. The van der Waals surface area contributed by atoms with Gasteiger partial charge in [0, 0.05) is 25.4 Å². The Balaban J connectivity index is 2.24. The van der Waals surface area contributed by atoms with Crippen LogP contribution in [0.1, 0.15) is 6.42 Å². The van der Waals surface area contributed by atoms with E-state index in [1.54, 1.807) is 23.1 Å². The lowest BCUT2D eigenvalue weighted by Gasteiger charge is -2.02. The fraction of sp³-hybridized carbons (Fsp3) is 0.222.